The highest BCUT2D eigenvalue weighted by molar-refractivity contribution is 6.10. The van der Waals surface area contributed by atoms with Gasteiger partial charge in [-0.05, 0) is 54.8 Å². The number of halogens is 3. The molecule has 0 spiro atoms. The molecule has 1 amide bonds. The summed E-state index contributed by atoms with van der Waals surface area (Å²) in [5.41, 5.74) is -3.01. The third-order valence-corrected chi connectivity index (χ3v) is 8.01. The maximum Gasteiger partial charge on any atom is 0.421 e. The molecule has 0 radical (unpaired) electrons. The molecule has 3 heterocycles. The van der Waals surface area contributed by atoms with Gasteiger partial charge in [-0.15, -0.1) is 5.06 Å². The molecule has 3 aromatic carbocycles. The Balaban J connectivity index is 1.47. The van der Waals surface area contributed by atoms with E-state index in [4.69, 9.17) is 10.2 Å². The fourth-order valence-electron chi connectivity index (χ4n) is 5.73. The lowest BCUT2D eigenvalue weighted by Gasteiger charge is -2.41. The van der Waals surface area contributed by atoms with E-state index < -0.39 is 70.2 Å². The number of amidine groups is 1. The minimum Gasteiger partial charge on any atom is -0.507 e. The normalized spacial score (nSPS) is 17.8. The molecule has 48 heavy (non-hydrogen) atoms. The molecule has 0 aliphatic carbocycles. The van der Waals surface area contributed by atoms with Crippen LogP contribution in [-0.2, 0) is 15.8 Å². The first-order valence-electron chi connectivity index (χ1n) is 14.6. The van der Waals surface area contributed by atoms with E-state index >= 15 is 0 Å². The Kier molecular flexibility index (Phi) is 9.52. The van der Waals surface area contributed by atoms with Crippen molar-refractivity contribution in [2.75, 3.05) is 31.1 Å². The van der Waals surface area contributed by atoms with Gasteiger partial charge < -0.3 is 30.0 Å². The van der Waals surface area contributed by atoms with Crippen molar-refractivity contribution in [3.05, 3.63) is 100 Å². The zero-order valence-electron chi connectivity index (χ0n) is 25.1. The molecule has 0 unspecified atom stereocenters. The average molecular weight is 667 g/mol. The van der Waals surface area contributed by atoms with Crippen LogP contribution in [0.3, 0.4) is 0 Å². The predicted molar refractivity (Wildman–Crippen MR) is 165 cm³/mol. The molecular weight excluding hydrogens is 637 g/mol. The summed E-state index contributed by atoms with van der Waals surface area (Å²) in [6.45, 7) is 0.496. The molecule has 2 bridgehead atoms. The Morgan fingerprint density at radius 3 is 2.31 bits per heavy atom. The lowest BCUT2D eigenvalue weighted by Crippen LogP contribution is -2.53. The highest BCUT2D eigenvalue weighted by Gasteiger charge is 2.39. The number of nitrogens with zero attached hydrogens (tertiary/aromatic N) is 3. The van der Waals surface area contributed by atoms with Crippen molar-refractivity contribution in [1.29, 1.82) is 5.41 Å². The number of alkyl halides is 3. The quantitative estimate of drug-likeness (QED) is 0.195. The molecule has 250 valence electrons. The molecule has 0 atom stereocenters. The topological polar surface area (TPSA) is 172 Å². The van der Waals surface area contributed by atoms with Gasteiger partial charge in [0.2, 0.25) is 0 Å². The number of hydrogen-bond donors (Lipinski definition) is 4. The number of aromatic carboxylic acids is 2. The summed E-state index contributed by atoms with van der Waals surface area (Å²) < 4.78 is 42.4. The highest BCUT2D eigenvalue weighted by Crippen LogP contribution is 2.42. The van der Waals surface area contributed by atoms with Crippen molar-refractivity contribution < 1.29 is 52.5 Å². The molecule has 4 N–H and O–H groups in total. The van der Waals surface area contributed by atoms with E-state index in [-0.39, 0.29) is 18.4 Å². The maximum atomic E-state index is 14.1. The molecule has 15 heteroatoms. The fraction of sp³-hybridized carbons (Fsp3) is 0.242. The third-order valence-electron chi connectivity index (χ3n) is 8.01. The Morgan fingerprint density at radius 1 is 0.958 bits per heavy atom. The number of nitrogens with one attached hydrogen (secondary N) is 1. The first-order chi connectivity index (χ1) is 22.7. The zero-order valence-corrected chi connectivity index (χ0v) is 25.1. The van der Waals surface area contributed by atoms with E-state index in [1.54, 1.807) is 34.2 Å². The number of carboxylic acids is 2. The van der Waals surface area contributed by atoms with Crippen LogP contribution in [0.15, 0.2) is 66.7 Å². The summed E-state index contributed by atoms with van der Waals surface area (Å²) in [5, 5.41) is 39.5. The van der Waals surface area contributed by atoms with E-state index in [0.717, 1.165) is 36.4 Å². The van der Waals surface area contributed by atoms with Gasteiger partial charge in [0.1, 0.15) is 23.7 Å². The highest BCUT2D eigenvalue weighted by atomic mass is 19.4. The number of aromatic hydroxyl groups is 1. The Hall–Kier alpha value is -5.70. The van der Waals surface area contributed by atoms with Crippen molar-refractivity contribution >= 4 is 41.4 Å². The van der Waals surface area contributed by atoms with Gasteiger partial charge in [-0.2, -0.15) is 13.2 Å². The van der Waals surface area contributed by atoms with Crippen LogP contribution < -0.4 is 4.90 Å². The van der Waals surface area contributed by atoms with Crippen molar-refractivity contribution in [3.8, 4) is 5.75 Å². The second-order valence-corrected chi connectivity index (χ2v) is 11.1. The second-order valence-electron chi connectivity index (χ2n) is 11.1. The minimum atomic E-state index is -5.09. The molecule has 3 aliphatic rings. The number of rotatable bonds is 8. The van der Waals surface area contributed by atoms with Crippen LogP contribution in [0.25, 0.3) is 6.08 Å². The number of fused-ring (bicyclic) bond motifs is 5. The van der Waals surface area contributed by atoms with E-state index in [9.17, 15) is 47.7 Å². The Morgan fingerprint density at radius 2 is 1.65 bits per heavy atom. The number of phenols is 1. The summed E-state index contributed by atoms with van der Waals surface area (Å²) in [6, 6.07) is 12.1. The van der Waals surface area contributed by atoms with Crippen LogP contribution in [0.2, 0.25) is 0 Å². The summed E-state index contributed by atoms with van der Waals surface area (Å²) >= 11 is 0. The Labute approximate surface area is 271 Å². The lowest BCUT2D eigenvalue weighted by atomic mass is 10.0. The molecule has 3 saturated heterocycles. The van der Waals surface area contributed by atoms with Crippen molar-refractivity contribution in [3.63, 3.8) is 0 Å². The first-order valence-corrected chi connectivity index (χ1v) is 14.6. The molecule has 3 aliphatic heterocycles. The van der Waals surface area contributed by atoms with E-state index in [1.807, 2.05) is 0 Å². The zero-order chi connectivity index (χ0) is 34.7. The predicted octanol–water partition coefficient (Wildman–Crippen LogP) is 4.73. The Bertz CT molecular complexity index is 1820. The summed E-state index contributed by atoms with van der Waals surface area (Å²) in [5.74, 6) is -5.87. The van der Waals surface area contributed by atoms with E-state index in [2.05, 4.69) is 0 Å². The summed E-state index contributed by atoms with van der Waals surface area (Å²) in [6.07, 6.45) is -0.824. The van der Waals surface area contributed by atoms with Gasteiger partial charge in [0.15, 0.2) is 0 Å². The fourth-order valence-corrected chi connectivity index (χ4v) is 5.73. The maximum absolute atomic E-state index is 14.1. The number of hydroxylamine groups is 2. The molecule has 6 rings (SSSR count). The number of hydrogen-bond acceptors (Lipinski definition) is 8. The number of carboxylic acid groups (broad SMARTS) is 2. The van der Waals surface area contributed by atoms with E-state index in [0.29, 0.717) is 42.0 Å². The monoisotopic (exact) mass is 666 g/mol. The number of amides is 1. The molecule has 12 nitrogen and oxygen atoms in total. The number of carbonyl (C=O) groups is 4. The van der Waals surface area contributed by atoms with Crippen molar-refractivity contribution in [2.24, 2.45) is 0 Å². The van der Waals surface area contributed by atoms with Crippen LogP contribution in [0.5, 0.6) is 5.75 Å². The smallest absolute Gasteiger partial charge is 0.421 e. The van der Waals surface area contributed by atoms with Crippen LogP contribution in [0.4, 0.5) is 18.9 Å². The van der Waals surface area contributed by atoms with Crippen LogP contribution in [0.1, 0.15) is 60.6 Å². The van der Waals surface area contributed by atoms with Crippen LogP contribution >= 0.6 is 0 Å². The van der Waals surface area contributed by atoms with Gasteiger partial charge in [0.05, 0.1) is 16.8 Å². The lowest BCUT2D eigenvalue weighted by molar-refractivity contribution is -0.204. The summed E-state index contributed by atoms with van der Waals surface area (Å²) in [7, 11) is 0. The third kappa shape index (κ3) is 7.15. The number of benzene rings is 3. The minimum absolute atomic E-state index is 0.0447. The SMILES string of the molecule is N=C(c1cccc(/C=C/CN(C(=O)c2ccc(C(=O)O)c(C(=O)O)c2)c2cccc(O)c2C(F)(F)F)c1)N1CC(=O)ON2CCC1CC2. The van der Waals surface area contributed by atoms with Crippen molar-refractivity contribution in [1.82, 2.24) is 9.96 Å². The summed E-state index contributed by atoms with van der Waals surface area (Å²) in [4.78, 5) is 57.0. The molecule has 0 aromatic heterocycles. The van der Waals surface area contributed by atoms with Crippen LogP contribution in [0, 0.1) is 5.41 Å². The van der Waals surface area contributed by atoms with E-state index in [1.165, 1.54) is 12.2 Å². The number of anilines is 1. The van der Waals surface area contributed by atoms with Gasteiger partial charge in [-0.3, -0.25) is 10.2 Å². The van der Waals surface area contributed by atoms with Gasteiger partial charge in [0.25, 0.3) is 5.91 Å². The molecule has 3 aromatic rings. The molecule has 0 saturated carbocycles. The van der Waals surface area contributed by atoms with Gasteiger partial charge >= 0.3 is 24.1 Å². The van der Waals surface area contributed by atoms with Crippen LogP contribution in [-0.4, -0.2) is 87.2 Å². The first kappa shape index (κ1) is 33.7. The number of carbonyl (C=O) groups excluding carboxylic acids is 2. The largest absolute Gasteiger partial charge is 0.507 e. The van der Waals surface area contributed by atoms with Gasteiger partial charge in [0, 0.05) is 36.8 Å². The van der Waals surface area contributed by atoms with Gasteiger partial charge in [-0.25, -0.2) is 14.4 Å². The second kappa shape index (κ2) is 13.6. The molecular formula is C33H29F3N4O8. The number of piperidine rings is 1. The van der Waals surface area contributed by atoms with Crippen molar-refractivity contribution in [2.45, 2.75) is 25.1 Å². The standard InChI is InChI=1S/C33H29F3N4O8/c34-33(35,36)28-25(7-2-8-26(28)41)39(30(43)21-9-10-23(31(44)45)24(17-21)32(46)47)13-3-5-19-4-1-6-20(16-19)29(37)40-18-27(42)48-38-14-11-22(40)12-15-38/h1-10,16-17,22,37,41H,11-15,18H2,(H,44,45)(H,46,47)/b5-3+,37-29?. The average Bonchev–Trinajstić information content (AvgIpc) is 3.03. The van der Waals surface area contributed by atoms with Gasteiger partial charge in [-0.1, -0.05) is 36.4 Å². The molecule has 3 fully saturated rings. The number of phenolic OH excluding ortho intramolecular Hbond substituents is 1.